The van der Waals surface area contributed by atoms with Crippen LogP contribution >= 0.6 is 0 Å². The molecule has 0 aliphatic heterocycles. The number of ether oxygens (including phenoxy) is 3. The molecule has 0 heterocycles. The highest BCUT2D eigenvalue weighted by Gasteiger charge is 2.19. The molecule has 0 aliphatic carbocycles. The molecule has 0 saturated heterocycles. The topological polar surface area (TPSA) is 78.9 Å². The van der Waals surface area contributed by atoms with Gasteiger partial charge in [-0.25, -0.2) is 0 Å². The highest BCUT2D eigenvalue weighted by molar-refractivity contribution is 5.71. The molecule has 0 aliphatic rings. The van der Waals surface area contributed by atoms with Crippen molar-refractivity contribution in [3.05, 3.63) is 122 Å². The van der Waals surface area contributed by atoms with E-state index in [9.17, 15) is 14.4 Å². The van der Waals surface area contributed by atoms with E-state index in [0.717, 1.165) is 109 Å². The van der Waals surface area contributed by atoms with Gasteiger partial charge >= 0.3 is 17.9 Å². The molecule has 1 atom stereocenters. The normalized spacial score (nSPS) is 13.1. The number of rotatable bonds is 45. The van der Waals surface area contributed by atoms with Gasteiger partial charge in [-0.1, -0.05) is 187 Å². The molecule has 0 fully saturated rings. The zero-order valence-electron chi connectivity index (χ0n) is 41.7. The minimum Gasteiger partial charge on any atom is -0.462 e. The third-order valence-corrected chi connectivity index (χ3v) is 10.4. The second kappa shape index (κ2) is 52.4. The van der Waals surface area contributed by atoms with Crippen molar-refractivity contribution in [3.8, 4) is 0 Å². The summed E-state index contributed by atoms with van der Waals surface area (Å²) in [5, 5.41) is 0. The van der Waals surface area contributed by atoms with Crippen molar-refractivity contribution in [1.82, 2.24) is 0 Å². The van der Waals surface area contributed by atoms with E-state index in [4.69, 9.17) is 14.2 Å². The average Bonchev–Trinajstić information content (AvgIpc) is 3.30. The largest absolute Gasteiger partial charge is 0.462 e. The van der Waals surface area contributed by atoms with E-state index in [1.807, 2.05) is 0 Å². The lowest BCUT2D eigenvalue weighted by molar-refractivity contribution is -0.167. The highest BCUT2D eigenvalue weighted by atomic mass is 16.6. The van der Waals surface area contributed by atoms with E-state index < -0.39 is 6.10 Å². The molecule has 0 unspecified atom stereocenters. The van der Waals surface area contributed by atoms with Crippen LogP contribution in [-0.2, 0) is 28.6 Å². The van der Waals surface area contributed by atoms with Crippen molar-refractivity contribution in [2.75, 3.05) is 13.2 Å². The van der Waals surface area contributed by atoms with Crippen LogP contribution in [0.1, 0.15) is 213 Å². The first kappa shape index (κ1) is 60.8. The van der Waals surface area contributed by atoms with E-state index in [1.54, 1.807) is 0 Å². The lowest BCUT2D eigenvalue weighted by atomic mass is 10.1. The number of allylic oxidation sites excluding steroid dienone is 20. The summed E-state index contributed by atoms with van der Waals surface area (Å²) in [5.41, 5.74) is 0. The summed E-state index contributed by atoms with van der Waals surface area (Å²) in [6, 6.07) is 0. The van der Waals surface area contributed by atoms with Crippen LogP contribution in [0.5, 0.6) is 0 Å². The van der Waals surface area contributed by atoms with Crippen LogP contribution in [0.25, 0.3) is 0 Å². The quantitative estimate of drug-likeness (QED) is 0.0262. The Morgan fingerprint density at radius 2 is 0.600 bits per heavy atom. The fourth-order valence-corrected chi connectivity index (χ4v) is 6.57. The van der Waals surface area contributed by atoms with Crippen LogP contribution in [0, 0.1) is 0 Å². The molecule has 366 valence electrons. The Labute approximate surface area is 399 Å². The van der Waals surface area contributed by atoms with Crippen molar-refractivity contribution in [1.29, 1.82) is 0 Å². The molecule has 0 N–H and O–H groups in total. The Bertz CT molecular complexity index is 1400. The molecule has 0 aromatic heterocycles. The van der Waals surface area contributed by atoms with Crippen LogP contribution in [0.2, 0.25) is 0 Å². The zero-order chi connectivity index (χ0) is 47.2. The predicted molar refractivity (Wildman–Crippen MR) is 279 cm³/mol. The van der Waals surface area contributed by atoms with Crippen molar-refractivity contribution >= 4 is 17.9 Å². The molecular weight excluding hydrogens is 805 g/mol. The summed E-state index contributed by atoms with van der Waals surface area (Å²) in [6.07, 6.45) is 71.8. The second-order valence-electron chi connectivity index (χ2n) is 16.7. The van der Waals surface area contributed by atoms with Gasteiger partial charge in [-0.3, -0.25) is 14.4 Å². The van der Waals surface area contributed by atoms with Gasteiger partial charge in [0.15, 0.2) is 6.10 Å². The van der Waals surface area contributed by atoms with E-state index in [-0.39, 0.29) is 37.5 Å². The fraction of sp³-hybridized carbons (Fsp3) is 0.610. The summed E-state index contributed by atoms with van der Waals surface area (Å²) in [7, 11) is 0. The standard InChI is InChI=1S/C59H94O6/c1-4-7-10-13-16-19-22-25-28-29-32-34-37-40-43-46-49-52-58(61)64-55-56(65-59(62)53-50-47-44-41-38-35-31-27-24-21-18-15-12-9-6-3)54-63-57(60)51-48-45-42-39-36-33-30-26-23-20-17-14-11-8-5-2/h8-9,11-12,16-21,25-28,30-31,36,38-39,41,56H,4-7,10,13-15,22-24,29,32-35,37,40,42-55H2,1-3H3/b11-8-,12-9-,19-16-,20-17-,21-18-,28-25-,30-26-,31-27-,39-36-,41-38-/t56-/m1/s1. The Morgan fingerprint density at radius 3 is 0.969 bits per heavy atom. The van der Waals surface area contributed by atoms with Crippen molar-refractivity contribution in [2.45, 2.75) is 219 Å². The molecule has 0 rings (SSSR count). The molecular formula is C59H94O6. The average molecular weight is 899 g/mol. The van der Waals surface area contributed by atoms with Crippen molar-refractivity contribution in [2.24, 2.45) is 0 Å². The molecule has 6 nitrogen and oxygen atoms in total. The first-order chi connectivity index (χ1) is 32.0. The van der Waals surface area contributed by atoms with Crippen LogP contribution in [0.15, 0.2) is 122 Å². The molecule has 6 heteroatoms. The lowest BCUT2D eigenvalue weighted by Crippen LogP contribution is -2.30. The summed E-state index contributed by atoms with van der Waals surface area (Å²) < 4.78 is 16.7. The van der Waals surface area contributed by atoms with Crippen molar-refractivity contribution < 1.29 is 28.6 Å². The molecule has 0 radical (unpaired) electrons. The van der Waals surface area contributed by atoms with E-state index in [1.165, 1.54) is 51.4 Å². The van der Waals surface area contributed by atoms with Gasteiger partial charge in [0, 0.05) is 19.3 Å². The van der Waals surface area contributed by atoms with Crippen LogP contribution in [0.4, 0.5) is 0 Å². The zero-order valence-corrected chi connectivity index (χ0v) is 41.7. The number of hydrogen-bond acceptors (Lipinski definition) is 6. The van der Waals surface area contributed by atoms with Gasteiger partial charge in [-0.05, 0) is 128 Å². The van der Waals surface area contributed by atoms with Crippen LogP contribution in [-0.4, -0.2) is 37.2 Å². The summed E-state index contributed by atoms with van der Waals surface area (Å²) in [5.74, 6) is -1.02. The minimum absolute atomic E-state index is 0.116. The highest BCUT2D eigenvalue weighted by Crippen LogP contribution is 2.12. The number of unbranched alkanes of at least 4 members (excludes halogenated alkanes) is 14. The molecule has 0 amide bonds. The molecule has 0 aromatic rings. The molecule has 65 heavy (non-hydrogen) atoms. The monoisotopic (exact) mass is 899 g/mol. The first-order valence-electron chi connectivity index (χ1n) is 26.0. The Morgan fingerprint density at radius 1 is 0.323 bits per heavy atom. The summed E-state index contributed by atoms with van der Waals surface area (Å²) in [4.78, 5) is 38.0. The maximum atomic E-state index is 12.8. The smallest absolute Gasteiger partial charge is 0.306 e. The second-order valence-corrected chi connectivity index (χ2v) is 16.7. The number of esters is 3. The van der Waals surface area contributed by atoms with Gasteiger partial charge < -0.3 is 14.2 Å². The maximum Gasteiger partial charge on any atom is 0.306 e. The Hall–Kier alpha value is -4.19. The van der Waals surface area contributed by atoms with Gasteiger partial charge in [0.05, 0.1) is 0 Å². The molecule has 0 bridgehead atoms. The van der Waals surface area contributed by atoms with Crippen LogP contribution < -0.4 is 0 Å². The van der Waals surface area contributed by atoms with Gasteiger partial charge in [0.25, 0.3) is 0 Å². The number of carbonyl (C=O) groups is 3. The summed E-state index contributed by atoms with van der Waals surface area (Å²) in [6.45, 7) is 6.29. The first-order valence-corrected chi connectivity index (χ1v) is 26.0. The maximum absolute atomic E-state index is 12.8. The molecule has 0 spiro atoms. The number of hydrogen-bond donors (Lipinski definition) is 0. The van der Waals surface area contributed by atoms with Crippen molar-refractivity contribution in [3.63, 3.8) is 0 Å². The van der Waals surface area contributed by atoms with Crippen LogP contribution in [0.3, 0.4) is 0 Å². The lowest BCUT2D eigenvalue weighted by Gasteiger charge is -2.18. The Kier molecular flexibility index (Phi) is 49.1. The third-order valence-electron chi connectivity index (χ3n) is 10.4. The Balaban J connectivity index is 4.54. The predicted octanol–water partition coefficient (Wildman–Crippen LogP) is 17.3. The third kappa shape index (κ3) is 50.7. The van der Waals surface area contributed by atoms with Gasteiger partial charge in [-0.15, -0.1) is 0 Å². The van der Waals surface area contributed by atoms with E-state index in [0.29, 0.717) is 25.7 Å². The molecule has 0 aromatic carbocycles. The van der Waals surface area contributed by atoms with E-state index in [2.05, 4.69) is 142 Å². The van der Waals surface area contributed by atoms with E-state index >= 15 is 0 Å². The van der Waals surface area contributed by atoms with Gasteiger partial charge in [-0.2, -0.15) is 0 Å². The van der Waals surface area contributed by atoms with Gasteiger partial charge in [0.2, 0.25) is 0 Å². The fourth-order valence-electron chi connectivity index (χ4n) is 6.57. The molecule has 0 saturated carbocycles. The number of carbonyl (C=O) groups excluding carboxylic acids is 3. The van der Waals surface area contributed by atoms with Gasteiger partial charge in [0.1, 0.15) is 13.2 Å². The minimum atomic E-state index is -0.823. The SMILES string of the molecule is CC/C=C\C/C=C\C/C=C\C/C=C\CCCCC(=O)OC[C@H](COC(=O)CCCCCCCCC/C=C\C/C=C\CCCCC)OC(=O)CCCC/C=C\C/C=C\C/C=C\C/C=C\CC. The summed E-state index contributed by atoms with van der Waals surface area (Å²) >= 11 is 0.